The molecule has 0 aliphatic carbocycles. The number of Topliss-reactive ketones (excluding diaryl/α,β-unsaturated/α-hetero) is 1. The number of imidazole rings is 1. The lowest BCUT2D eigenvalue weighted by Crippen LogP contribution is -2.13. The van der Waals surface area contributed by atoms with Crippen molar-refractivity contribution in [3.8, 4) is 11.3 Å². The summed E-state index contributed by atoms with van der Waals surface area (Å²) in [5.41, 5.74) is 1.30. The molecule has 0 fully saturated rings. The van der Waals surface area contributed by atoms with Crippen molar-refractivity contribution < 1.29 is 23.3 Å². The number of aromatic carboxylic acids is 1. The van der Waals surface area contributed by atoms with Crippen LogP contribution in [0.5, 0.6) is 0 Å². The summed E-state index contributed by atoms with van der Waals surface area (Å²) in [6.45, 7) is 1.57. The van der Waals surface area contributed by atoms with Crippen molar-refractivity contribution in [2.45, 2.75) is 13.3 Å². The van der Waals surface area contributed by atoms with E-state index in [4.69, 9.17) is 16.7 Å². The summed E-state index contributed by atoms with van der Waals surface area (Å²) < 4.78 is 28.5. The van der Waals surface area contributed by atoms with Crippen molar-refractivity contribution >= 4 is 43.9 Å². The van der Waals surface area contributed by atoms with Crippen LogP contribution in [0.3, 0.4) is 0 Å². The SMILES string of the molecule is Cc1cc(C(=O)O)cc(F)c1-c1nc2cc(Cl)ccn2c1CC(=O)C=S(C)(C)=O. The molecule has 3 rings (SSSR count). The van der Waals surface area contributed by atoms with Gasteiger partial charge in [0.25, 0.3) is 0 Å². The first-order valence-electron chi connectivity index (χ1n) is 8.48. The molecule has 0 amide bonds. The van der Waals surface area contributed by atoms with Gasteiger partial charge in [0.2, 0.25) is 0 Å². The van der Waals surface area contributed by atoms with Crippen LogP contribution in [-0.2, 0) is 20.7 Å². The Morgan fingerprint density at radius 2 is 2.00 bits per heavy atom. The molecule has 0 unspecified atom stereocenters. The molecule has 29 heavy (non-hydrogen) atoms. The van der Waals surface area contributed by atoms with Crippen LogP contribution >= 0.6 is 11.6 Å². The number of hydrogen-bond acceptors (Lipinski definition) is 4. The highest BCUT2D eigenvalue weighted by atomic mass is 35.5. The molecule has 0 bridgehead atoms. The molecule has 0 radical (unpaired) electrons. The highest BCUT2D eigenvalue weighted by Crippen LogP contribution is 2.32. The minimum atomic E-state index is -2.41. The number of carbonyl (C=O) groups excluding carboxylic acids is 1. The number of nitrogens with zero attached hydrogens (tertiary/aromatic N) is 2. The lowest BCUT2D eigenvalue weighted by atomic mass is 9.99. The Hall–Kier alpha value is -2.71. The number of carboxylic acids is 1. The molecular formula is C20H18ClFN2O4S. The van der Waals surface area contributed by atoms with Crippen LogP contribution in [0.25, 0.3) is 16.9 Å². The fourth-order valence-electron chi connectivity index (χ4n) is 3.13. The molecule has 0 saturated heterocycles. The van der Waals surface area contributed by atoms with Crippen molar-refractivity contribution in [2.75, 3.05) is 12.5 Å². The largest absolute Gasteiger partial charge is 0.478 e. The number of ketones is 1. The summed E-state index contributed by atoms with van der Waals surface area (Å²) in [7, 11) is -2.41. The Bertz CT molecular complexity index is 1260. The Labute approximate surface area is 172 Å². The van der Waals surface area contributed by atoms with Crippen molar-refractivity contribution in [1.82, 2.24) is 9.38 Å². The number of aryl methyl sites for hydroxylation is 1. The Balaban J connectivity index is 2.27. The Morgan fingerprint density at radius 3 is 2.59 bits per heavy atom. The first-order chi connectivity index (χ1) is 13.5. The van der Waals surface area contributed by atoms with Crippen LogP contribution in [0.2, 0.25) is 5.02 Å². The van der Waals surface area contributed by atoms with E-state index in [1.54, 1.807) is 29.7 Å². The summed E-state index contributed by atoms with van der Waals surface area (Å²) in [6.07, 6.45) is 4.37. The fourth-order valence-corrected chi connectivity index (χ4v) is 4.00. The highest BCUT2D eigenvalue weighted by Gasteiger charge is 2.22. The summed E-state index contributed by atoms with van der Waals surface area (Å²) in [6, 6.07) is 5.45. The minimum Gasteiger partial charge on any atom is -0.478 e. The van der Waals surface area contributed by atoms with E-state index in [1.165, 1.54) is 18.6 Å². The molecule has 9 heteroatoms. The average molecular weight is 437 g/mol. The van der Waals surface area contributed by atoms with E-state index < -0.39 is 27.1 Å². The topological polar surface area (TPSA) is 88.7 Å². The van der Waals surface area contributed by atoms with Crippen LogP contribution in [0.4, 0.5) is 4.39 Å². The van der Waals surface area contributed by atoms with Crippen LogP contribution in [-0.4, -0.2) is 48.3 Å². The summed E-state index contributed by atoms with van der Waals surface area (Å²) in [5, 5.41) is 10.7. The zero-order valence-corrected chi connectivity index (χ0v) is 17.5. The maximum atomic E-state index is 14.9. The molecule has 0 aliphatic rings. The third-order valence-electron chi connectivity index (χ3n) is 4.22. The molecule has 0 aliphatic heterocycles. The second-order valence-corrected chi connectivity index (χ2v) is 10.3. The zero-order chi connectivity index (χ0) is 21.5. The second-order valence-electron chi connectivity index (χ2n) is 7.01. The van der Waals surface area contributed by atoms with Crippen LogP contribution < -0.4 is 0 Å². The quantitative estimate of drug-likeness (QED) is 0.620. The van der Waals surface area contributed by atoms with Crippen LogP contribution in [0.1, 0.15) is 21.6 Å². The zero-order valence-electron chi connectivity index (χ0n) is 15.9. The Morgan fingerprint density at radius 1 is 1.31 bits per heavy atom. The van der Waals surface area contributed by atoms with Gasteiger partial charge in [-0.1, -0.05) is 11.6 Å². The van der Waals surface area contributed by atoms with E-state index in [-0.39, 0.29) is 23.2 Å². The molecule has 152 valence electrons. The third-order valence-corrected chi connectivity index (χ3v) is 5.28. The van der Waals surface area contributed by atoms with Crippen molar-refractivity contribution in [2.24, 2.45) is 0 Å². The van der Waals surface area contributed by atoms with E-state index in [9.17, 15) is 18.2 Å². The van der Waals surface area contributed by atoms with Gasteiger partial charge in [-0.3, -0.25) is 9.00 Å². The molecule has 2 aromatic heterocycles. The van der Waals surface area contributed by atoms with Crippen LogP contribution in [0.15, 0.2) is 30.5 Å². The highest BCUT2D eigenvalue weighted by molar-refractivity contribution is 8.01. The average Bonchev–Trinajstić information content (AvgIpc) is 2.89. The van der Waals surface area contributed by atoms with E-state index in [2.05, 4.69) is 4.98 Å². The van der Waals surface area contributed by atoms with Gasteiger partial charge in [0.1, 0.15) is 11.5 Å². The number of halogens is 2. The van der Waals surface area contributed by atoms with E-state index >= 15 is 0 Å². The number of carboxylic acid groups (broad SMARTS) is 1. The van der Waals surface area contributed by atoms with Gasteiger partial charge in [-0.05, 0) is 40.2 Å². The predicted molar refractivity (Wildman–Crippen MR) is 112 cm³/mol. The van der Waals surface area contributed by atoms with Crippen molar-refractivity contribution in [1.29, 1.82) is 0 Å². The normalized spacial score (nSPS) is 11.6. The maximum Gasteiger partial charge on any atom is 0.335 e. The van der Waals surface area contributed by atoms with Gasteiger partial charge in [-0.2, -0.15) is 0 Å². The molecular weight excluding hydrogens is 419 g/mol. The van der Waals surface area contributed by atoms with Gasteiger partial charge < -0.3 is 9.51 Å². The predicted octanol–water partition coefficient (Wildman–Crippen LogP) is 3.26. The number of rotatable bonds is 5. The second kappa shape index (κ2) is 7.61. The number of carbonyl (C=O) groups is 2. The molecule has 2 heterocycles. The lowest BCUT2D eigenvalue weighted by Gasteiger charge is -2.09. The molecule has 0 spiro atoms. The first kappa shape index (κ1) is 21.0. The number of benzene rings is 1. The van der Waals surface area contributed by atoms with Gasteiger partial charge in [0.05, 0.1) is 23.4 Å². The van der Waals surface area contributed by atoms with Gasteiger partial charge in [-0.15, -0.1) is 0 Å². The third kappa shape index (κ3) is 4.49. The molecule has 6 nitrogen and oxygen atoms in total. The van der Waals surface area contributed by atoms with Gasteiger partial charge >= 0.3 is 5.97 Å². The molecule has 1 aromatic carbocycles. The number of pyridine rings is 1. The maximum absolute atomic E-state index is 14.9. The fraction of sp³-hybridized carbons (Fsp3) is 0.200. The smallest absolute Gasteiger partial charge is 0.335 e. The van der Waals surface area contributed by atoms with Crippen molar-refractivity contribution in [3.63, 3.8) is 0 Å². The lowest BCUT2D eigenvalue weighted by molar-refractivity contribution is -0.111. The Kier molecular flexibility index (Phi) is 5.51. The number of aromatic nitrogens is 2. The van der Waals surface area contributed by atoms with Crippen molar-refractivity contribution in [3.05, 3.63) is 58.1 Å². The van der Waals surface area contributed by atoms with Crippen LogP contribution in [0, 0.1) is 12.7 Å². The molecule has 3 aromatic rings. The monoisotopic (exact) mass is 436 g/mol. The molecule has 0 saturated carbocycles. The number of fused-ring (bicyclic) bond motifs is 1. The van der Waals surface area contributed by atoms with E-state index in [0.717, 1.165) is 11.4 Å². The standard InChI is InChI=1S/C20H18ClFN2O4S/c1-11-6-12(20(26)27)7-15(22)18(11)19-16(9-14(25)10-29(2,3)28)24-5-4-13(21)8-17(24)23-19/h4-8,10H,9H2,1-3H3,(H,26,27). The van der Waals surface area contributed by atoms with E-state index in [1.807, 2.05) is 0 Å². The molecule has 1 N–H and O–H groups in total. The summed E-state index contributed by atoms with van der Waals surface area (Å²) in [4.78, 5) is 28.1. The van der Waals surface area contributed by atoms with Gasteiger partial charge in [0.15, 0.2) is 5.78 Å². The van der Waals surface area contributed by atoms with E-state index in [0.29, 0.717) is 21.9 Å². The number of hydrogen-bond donors (Lipinski definition) is 1. The van der Waals surface area contributed by atoms with Gasteiger partial charge in [0, 0.05) is 40.7 Å². The molecule has 0 atom stereocenters. The van der Waals surface area contributed by atoms with Gasteiger partial charge in [-0.25, -0.2) is 14.2 Å². The summed E-state index contributed by atoms with van der Waals surface area (Å²) >= 11 is 6.03. The minimum absolute atomic E-state index is 0.103. The first-order valence-corrected chi connectivity index (χ1v) is 11.3. The summed E-state index contributed by atoms with van der Waals surface area (Å²) in [5.74, 6) is -2.39.